The molecule has 0 unspecified atom stereocenters. The van der Waals surface area contributed by atoms with Crippen LogP contribution in [-0.2, 0) is 17.9 Å². The van der Waals surface area contributed by atoms with Crippen molar-refractivity contribution in [1.29, 1.82) is 0 Å². The molecular formula is C14H10F3N5O3S. The van der Waals surface area contributed by atoms with Crippen molar-refractivity contribution >= 4 is 34.0 Å². The predicted octanol–water partition coefficient (Wildman–Crippen LogP) is 3.03. The molecule has 136 valence electrons. The Hall–Kier alpha value is -3.02. The van der Waals surface area contributed by atoms with Gasteiger partial charge < -0.3 is 10.5 Å². The quantitative estimate of drug-likeness (QED) is 0.734. The topological polar surface area (TPSA) is 116 Å². The number of aryl methyl sites for hydroxylation is 1. The van der Waals surface area contributed by atoms with Crippen molar-refractivity contribution in [3.63, 3.8) is 0 Å². The number of alkyl halides is 3. The molecule has 0 aliphatic rings. The SMILES string of the molecule is Cc1nc2nonc2c(N)c1Cc1ccc(OC(F)(F)F)c(N=S=O)c1. The van der Waals surface area contributed by atoms with Crippen LogP contribution in [0.25, 0.3) is 11.2 Å². The number of hydrogen-bond donors (Lipinski definition) is 1. The number of nitrogen functional groups attached to an aromatic ring is 1. The first-order valence-electron chi connectivity index (χ1n) is 7.04. The molecule has 3 aromatic rings. The second-order valence-electron chi connectivity index (χ2n) is 5.22. The lowest BCUT2D eigenvalue weighted by molar-refractivity contribution is -0.274. The summed E-state index contributed by atoms with van der Waals surface area (Å²) in [6.07, 6.45) is -4.67. The van der Waals surface area contributed by atoms with E-state index in [9.17, 15) is 17.4 Å². The van der Waals surface area contributed by atoms with E-state index in [-0.39, 0.29) is 29.2 Å². The van der Waals surface area contributed by atoms with Crippen molar-refractivity contribution in [3.8, 4) is 5.75 Å². The summed E-state index contributed by atoms with van der Waals surface area (Å²) in [6.45, 7) is 1.71. The number of anilines is 1. The van der Waals surface area contributed by atoms with Gasteiger partial charge in [0, 0.05) is 17.7 Å². The summed E-state index contributed by atoms with van der Waals surface area (Å²) in [6, 6.07) is 3.82. The summed E-state index contributed by atoms with van der Waals surface area (Å²) in [4.78, 5) is 4.22. The zero-order valence-corrected chi connectivity index (χ0v) is 13.9. The third-order valence-electron chi connectivity index (χ3n) is 3.53. The fraction of sp³-hybridized carbons (Fsp3) is 0.214. The number of nitrogens with two attached hydrogens (primary N) is 1. The molecule has 0 aliphatic carbocycles. The van der Waals surface area contributed by atoms with Crippen LogP contribution in [0.4, 0.5) is 24.5 Å². The number of aromatic nitrogens is 3. The Balaban J connectivity index is 2.00. The summed E-state index contributed by atoms with van der Waals surface area (Å²) in [7, 11) is 0. The maximum absolute atomic E-state index is 12.4. The van der Waals surface area contributed by atoms with Gasteiger partial charge in [-0.1, -0.05) is 6.07 Å². The largest absolute Gasteiger partial charge is 0.573 e. The average molecular weight is 385 g/mol. The van der Waals surface area contributed by atoms with E-state index in [1.54, 1.807) is 6.92 Å². The molecule has 3 rings (SSSR count). The van der Waals surface area contributed by atoms with Crippen LogP contribution < -0.4 is 10.5 Å². The number of halogens is 3. The lowest BCUT2D eigenvalue weighted by Gasteiger charge is -2.13. The first kappa shape index (κ1) is 17.8. The lowest BCUT2D eigenvalue weighted by Crippen LogP contribution is -2.17. The molecule has 0 atom stereocenters. The van der Waals surface area contributed by atoms with Crippen LogP contribution in [0.1, 0.15) is 16.8 Å². The Labute approximate surface area is 147 Å². The number of pyridine rings is 1. The molecule has 0 saturated carbocycles. The van der Waals surface area contributed by atoms with Gasteiger partial charge in [0.25, 0.3) is 0 Å². The molecule has 2 heterocycles. The maximum atomic E-state index is 12.4. The van der Waals surface area contributed by atoms with Gasteiger partial charge in [0.05, 0.1) is 5.69 Å². The van der Waals surface area contributed by atoms with E-state index in [1.165, 1.54) is 12.1 Å². The molecule has 0 fully saturated rings. The van der Waals surface area contributed by atoms with Gasteiger partial charge in [0.15, 0.2) is 11.3 Å². The van der Waals surface area contributed by atoms with Crippen molar-refractivity contribution in [2.45, 2.75) is 19.7 Å². The fourth-order valence-corrected chi connectivity index (χ4v) is 2.64. The van der Waals surface area contributed by atoms with Crippen LogP contribution >= 0.6 is 0 Å². The summed E-state index contributed by atoms with van der Waals surface area (Å²) < 4.78 is 59.9. The van der Waals surface area contributed by atoms with E-state index < -0.39 is 12.1 Å². The molecular weight excluding hydrogens is 375 g/mol. The smallest absolute Gasteiger partial charge is 0.403 e. The molecule has 0 amide bonds. The van der Waals surface area contributed by atoms with E-state index in [0.29, 0.717) is 28.0 Å². The van der Waals surface area contributed by atoms with Gasteiger partial charge >= 0.3 is 6.36 Å². The van der Waals surface area contributed by atoms with Crippen LogP contribution in [-0.4, -0.2) is 25.9 Å². The summed E-state index contributed by atoms with van der Waals surface area (Å²) in [5.74, 6) is -0.566. The van der Waals surface area contributed by atoms with Gasteiger partial charge in [-0.25, -0.2) is 9.61 Å². The molecule has 0 bridgehead atoms. The molecule has 26 heavy (non-hydrogen) atoms. The highest BCUT2D eigenvalue weighted by molar-refractivity contribution is 7.54. The number of fused-ring (bicyclic) bond motifs is 1. The van der Waals surface area contributed by atoms with Crippen LogP contribution in [0.3, 0.4) is 0 Å². The molecule has 0 spiro atoms. The minimum Gasteiger partial charge on any atom is -0.403 e. The molecule has 12 heteroatoms. The maximum Gasteiger partial charge on any atom is 0.573 e. The third kappa shape index (κ3) is 3.64. The molecule has 2 aromatic heterocycles. The van der Waals surface area contributed by atoms with Gasteiger partial charge in [-0.2, -0.15) is 8.57 Å². The minimum atomic E-state index is -4.89. The minimum absolute atomic E-state index is 0.221. The Kier molecular flexibility index (Phi) is 4.59. The standard InChI is InChI=1S/C14H10F3N5O3S/c1-6-8(11(18)12-13(19-6)21-25-20-12)4-7-2-3-10(24-14(15,16)17)9(5-7)22-26-23/h2-3,5H,4,18H2,1H3. The van der Waals surface area contributed by atoms with Gasteiger partial charge in [0.2, 0.25) is 17.1 Å². The Morgan fingerprint density at radius 2 is 2.12 bits per heavy atom. The van der Waals surface area contributed by atoms with Crippen molar-refractivity contribution in [3.05, 3.63) is 35.0 Å². The highest BCUT2D eigenvalue weighted by Crippen LogP contribution is 2.34. The zero-order valence-electron chi connectivity index (χ0n) is 13.1. The normalized spacial score (nSPS) is 11.5. The van der Waals surface area contributed by atoms with E-state index in [4.69, 9.17) is 5.73 Å². The summed E-state index contributed by atoms with van der Waals surface area (Å²) in [5, 5.41) is 7.30. The van der Waals surface area contributed by atoms with Crippen LogP contribution in [0.5, 0.6) is 5.75 Å². The second kappa shape index (κ2) is 6.71. The number of nitrogens with zero attached hydrogens (tertiary/aromatic N) is 4. The van der Waals surface area contributed by atoms with Gasteiger partial charge in [-0.3, -0.25) is 0 Å². The second-order valence-corrected chi connectivity index (χ2v) is 5.55. The third-order valence-corrected chi connectivity index (χ3v) is 3.80. The number of hydrogen-bond acceptors (Lipinski definition) is 8. The first-order chi connectivity index (χ1) is 12.3. The predicted molar refractivity (Wildman–Crippen MR) is 84.9 cm³/mol. The Bertz CT molecular complexity index is 1030. The van der Waals surface area contributed by atoms with Crippen molar-refractivity contribution in [2.24, 2.45) is 4.36 Å². The highest BCUT2D eigenvalue weighted by atomic mass is 32.1. The zero-order chi connectivity index (χ0) is 18.9. The van der Waals surface area contributed by atoms with E-state index in [0.717, 1.165) is 6.07 Å². The first-order valence-corrected chi connectivity index (χ1v) is 7.74. The number of rotatable bonds is 4. The van der Waals surface area contributed by atoms with Crippen molar-refractivity contribution < 1.29 is 26.7 Å². The van der Waals surface area contributed by atoms with Crippen molar-refractivity contribution in [1.82, 2.24) is 15.3 Å². The lowest BCUT2D eigenvalue weighted by atomic mass is 10.0. The summed E-state index contributed by atoms with van der Waals surface area (Å²) in [5.41, 5.74) is 8.43. The molecule has 1 aromatic carbocycles. The van der Waals surface area contributed by atoms with E-state index in [1.807, 2.05) is 0 Å². The van der Waals surface area contributed by atoms with Gasteiger partial charge in [-0.05, 0) is 34.9 Å². The summed E-state index contributed by atoms with van der Waals surface area (Å²) >= 11 is -0.221. The molecule has 0 radical (unpaired) electrons. The van der Waals surface area contributed by atoms with Crippen LogP contribution in [0, 0.1) is 6.92 Å². The number of benzene rings is 1. The molecule has 0 saturated heterocycles. The van der Waals surface area contributed by atoms with E-state index in [2.05, 4.69) is 29.0 Å². The van der Waals surface area contributed by atoms with Crippen molar-refractivity contribution in [2.75, 3.05) is 5.73 Å². The van der Waals surface area contributed by atoms with Gasteiger partial charge in [0.1, 0.15) is 5.69 Å². The fourth-order valence-electron chi connectivity index (χ4n) is 2.41. The monoisotopic (exact) mass is 385 g/mol. The highest BCUT2D eigenvalue weighted by Gasteiger charge is 2.32. The molecule has 8 nitrogen and oxygen atoms in total. The van der Waals surface area contributed by atoms with Crippen LogP contribution in [0.15, 0.2) is 27.2 Å². The van der Waals surface area contributed by atoms with Crippen LogP contribution in [0.2, 0.25) is 0 Å². The molecule has 0 aliphatic heterocycles. The van der Waals surface area contributed by atoms with E-state index >= 15 is 0 Å². The number of ether oxygens (including phenoxy) is 1. The molecule has 2 N–H and O–H groups in total. The van der Waals surface area contributed by atoms with Gasteiger partial charge in [-0.15, -0.1) is 13.2 Å². The average Bonchev–Trinajstić information content (AvgIpc) is 3.01. The Morgan fingerprint density at radius 3 is 2.81 bits per heavy atom. The Morgan fingerprint density at radius 1 is 1.35 bits per heavy atom.